The van der Waals surface area contributed by atoms with E-state index >= 15 is 0 Å². The smallest absolute Gasteiger partial charge is 0.240 e. The molecule has 0 aliphatic heterocycles. The largest absolute Gasteiger partial charge is 0.383 e. The lowest BCUT2D eigenvalue weighted by molar-refractivity contribution is -0.116. The molecule has 0 heterocycles. The molecule has 0 radical (unpaired) electrons. The number of methoxy groups -OCH3 is 1. The maximum Gasteiger partial charge on any atom is 0.240 e. The van der Waals surface area contributed by atoms with Crippen LogP contribution in [0.5, 0.6) is 0 Å². The second kappa shape index (κ2) is 10.7. The van der Waals surface area contributed by atoms with Crippen LogP contribution in [-0.4, -0.2) is 40.4 Å². The first-order valence-corrected chi connectivity index (χ1v) is 10.4. The van der Waals surface area contributed by atoms with Crippen LogP contribution in [-0.2, 0) is 19.6 Å². The Morgan fingerprint density at radius 1 is 0.964 bits per heavy atom. The molecule has 150 valence electrons. The topological polar surface area (TPSA) is 102 Å². The van der Waals surface area contributed by atoms with Crippen LogP contribution in [0.25, 0.3) is 0 Å². The normalized spacial score (nSPS) is 11.2. The minimum absolute atomic E-state index is 0.00364. The Morgan fingerprint density at radius 2 is 1.64 bits per heavy atom. The van der Waals surface area contributed by atoms with E-state index in [0.717, 1.165) is 0 Å². The summed E-state index contributed by atoms with van der Waals surface area (Å²) in [7, 11) is -2.12. The van der Waals surface area contributed by atoms with Crippen LogP contribution < -0.4 is 10.0 Å². The van der Waals surface area contributed by atoms with Crippen LogP contribution in [0.15, 0.2) is 59.5 Å². The summed E-state index contributed by atoms with van der Waals surface area (Å²) >= 11 is 0. The number of benzene rings is 2. The average Bonchev–Trinajstić information content (AvgIpc) is 2.69. The van der Waals surface area contributed by atoms with Crippen LogP contribution in [0.2, 0.25) is 0 Å². The molecule has 0 atom stereocenters. The SMILES string of the molecule is COCCNS(=O)(=O)c1ccc(NC(=O)CCCC(=O)c2ccccc2)cc1. The number of Topliss-reactive ketones (excluding diaryl/α,β-unsaturated/α-hetero) is 1. The Kier molecular flexibility index (Phi) is 8.31. The number of nitrogens with one attached hydrogen (secondary N) is 2. The van der Waals surface area contributed by atoms with Gasteiger partial charge in [-0.2, -0.15) is 0 Å². The van der Waals surface area contributed by atoms with E-state index in [-0.39, 0.29) is 36.2 Å². The monoisotopic (exact) mass is 404 g/mol. The van der Waals surface area contributed by atoms with Crippen molar-refractivity contribution < 1.29 is 22.7 Å². The van der Waals surface area contributed by atoms with E-state index in [1.54, 1.807) is 24.3 Å². The first-order valence-electron chi connectivity index (χ1n) is 8.89. The summed E-state index contributed by atoms with van der Waals surface area (Å²) in [5, 5.41) is 2.70. The summed E-state index contributed by atoms with van der Waals surface area (Å²) < 4.78 is 31.4. The first kappa shape index (κ1) is 21.7. The molecule has 0 aromatic heterocycles. The Hall–Kier alpha value is -2.55. The molecule has 2 aromatic rings. The summed E-state index contributed by atoms with van der Waals surface area (Å²) in [5.41, 5.74) is 1.13. The van der Waals surface area contributed by atoms with Gasteiger partial charge in [-0.05, 0) is 30.7 Å². The molecule has 1 amide bonds. The molecule has 0 aliphatic rings. The van der Waals surface area contributed by atoms with Gasteiger partial charge >= 0.3 is 0 Å². The zero-order valence-electron chi connectivity index (χ0n) is 15.7. The van der Waals surface area contributed by atoms with Gasteiger partial charge in [-0.1, -0.05) is 30.3 Å². The molecule has 2 N–H and O–H groups in total. The van der Waals surface area contributed by atoms with Crippen molar-refractivity contribution in [2.24, 2.45) is 0 Å². The van der Waals surface area contributed by atoms with Gasteiger partial charge in [-0.25, -0.2) is 13.1 Å². The minimum atomic E-state index is -3.61. The van der Waals surface area contributed by atoms with Crippen molar-refractivity contribution in [1.29, 1.82) is 0 Å². The molecule has 0 unspecified atom stereocenters. The Morgan fingerprint density at radius 3 is 2.29 bits per heavy atom. The van der Waals surface area contributed by atoms with Crippen LogP contribution >= 0.6 is 0 Å². The number of rotatable bonds is 11. The van der Waals surface area contributed by atoms with Crippen molar-refractivity contribution in [3.8, 4) is 0 Å². The van der Waals surface area contributed by atoms with Gasteiger partial charge in [0, 0.05) is 37.7 Å². The van der Waals surface area contributed by atoms with E-state index in [2.05, 4.69) is 10.0 Å². The summed E-state index contributed by atoms with van der Waals surface area (Å²) in [4.78, 5) is 24.1. The second-order valence-electron chi connectivity index (χ2n) is 6.11. The molecule has 0 bridgehead atoms. The number of hydrogen-bond acceptors (Lipinski definition) is 5. The van der Waals surface area contributed by atoms with Gasteiger partial charge in [0.2, 0.25) is 15.9 Å². The molecule has 0 saturated heterocycles. The van der Waals surface area contributed by atoms with Gasteiger partial charge in [-0.3, -0.25) is 9.59 Å². The third-order valence-electron chi connectivity index (χ3n) is 3.95. The number of amides is 1. The summed E-state index contributed by atoms with van der Waals surface area (Å²) in [6.45, 7) is 0.458. The fraction of sp³-hybridized carbons (Fsp3) is 0.300. The highest BCUT2D eigenvalue weighted by atomic mass is 32.2. The zero-order valence-corrected chi connectivity index (χ0v) is 16.5. The highest BCUT2D eigenvalue weighted by molar-refractivity contribution is 7.89. The molecule has 28 heavy (non-hydrogen) atoms. The molecule has 0 saturated carbocycles. The number of hydrogen-bond donors (Lipinski definition) is 2. The van der Waals surface area contributed by atoms with Gasteiger partial charge in [0.05, 0.1) is 11.5 Å². The standard InChI is InChI=1S/C20H24N2O5S/c1-27-15-14-21-28(25,26)18-12-10-17(11-13-18)22-20(24)9-5-8-19(23)16-6-3-2-4-7-16/h2-4,6-7,10-13,21H,5,8-9,14-15H2,1H3,(H,22,24). The van der Waals surface area contributed by atoms with E-state index in [0.29, 0.717) is 24.1 Å². The number of ketones is 1. The highest BCUT2D eigenvalue weighted by Crippen LogP contribution is 2.15. The second-order valence-corrected chi connectivity index (χ2v) is 7.87. The number of carbonyl (C=O) groups is 2. The van der Waals surface area contributed by atoms with Crippen LogP contribution in [0.4, 0.5) is 5.69 Å². The molecule has 0 spiro atoms. The lowest BCUT2D eigenvalue weighted by atomic mass is 10.1. The van der Waals surface area contributed by atoms with Crippen LogP contribution in [0.3, 0.4) is 0 Å². The Labute approximate surface area is 165 Å². The van der Waals surface area contributed by atoms with Crippen molar-refractivity contribution >= 4 is 27.4 Å². The summed E-state index contributed by atoms with van der Waals surface area (Å²) in [5.74, 6) is -0.223. The maximum absolute atomic E-state index is 12.1. The number of carbonyl (C=O) groups excluding carboxylic acids is 2. The van der Waals surface area contributed by atoms with E-state index < -0.39 is 10.0 Å². The van der Waals surface area contributed by atoms with E-state index in [9.17, 15) is 18.0 Å². The first-order chi connectivity index (χ1) is 13.4. The molecule has 2 rings (SSSR count). The Bertz CT molecular complexity index is 881. The van der Waals surface area contributed by atoms with Gasteiger partial charge < -0.3 is 10.1 Å². The number of anilines is 1. The average molecular weight is 404 g/mol. The third-order valence-corrected chi connectivity index (χ3v) is 5.43. The Balaban J connectivity index is 1.80. The fourth-order valence-electron chi connectivity index (χ4n) is 2.48. The van der Waals surface area contributed by atoms with Crippen molar-refractivity contribution in [3.63, 3.8) is 0 Å². The van der Waals surface area contributed by atoms with E-state index in [4.69, 9.17) is 4.74 Å². The van der Waals surface area contributed by atoms with Gasteiger partial charge in [0.1, 0.15) is 0 Å². The lowest BCUT2D eigenvalue weighted by Crippen LogP contribution is -2.27. The summed E-state index contributed by atoms with van der Waals surface area (Å²) in [6.07, 6.45) is 0.939. The van der Waals surface area contributed by atoms with Gasteiger partial charge in [0.25, 0.3) is 0 Å². The predicted molar refractivity (Wildman–Crippen MR) is 107 cm³/mol. The fourth-order valence-corrected chi connectivity index (χ4v) is 3.49. The van der Waals surface area contributed by atoms with Crippen LogP contribution in [0.1, 0.15) is 29.6 Å². The molecule has 0 fully saturated rings. The molecular formula is C20H24N2O5S. The molecule has 7 nitrogen and oxygen atoms in total. The van der Waals surface area contributed by atoms with Crippen molar-refractivity contribution in [1.82, 2.24) is 4.72 Å². The maximum atomic E-state index is 12.1. The highest BCUT2D eigenvalue weighted by Gasteiger charge is 2.13. The number of sulfonamides is 1. The van der Waals surface area contributed by atoms with Crippen molar-refractivity contribution in [3.05, 3.63) is 60.2 Å². The minimum Gasteiger partial charge on any atom is -0.383 e. The number of ether oxygens (including phenoxy) is 1. The van der Waals surface area contributed by atoms with Crippen molar-refractivity contribution in [2.45, 2.75) is 24.2 Å². The van der Waals surface area contributed by atoms with Crippen molar-refractivity contribution in [2.75, 3.05) is 25.6 Å². The zero-order chi connectivity index (χ0) is 20.4. The van der Waals surface area contributed by atoms with E-state index in [1.165, 1.54) is 31.4 Å². The van der Waals surface area contributed by atoms with Crippen LogP contribution in [0, 0.1) is 0 Å². The summed E-state index contributed by atoms with van der Waals surface area (Å²) in [6, 6.07) is 14.8. The van der Waals surface area contributed by atoms with E-state index in [1.807, 2.05) is 6.07 Å². The predicted octanol–water partition coefficient (Wildman–Crippen LogP) is 2.60. The van der Waals surface area contributed by atoms with Gasteiger partial charge in [-0.15, -0.1) is 0 Å². The molecular weight excluding hydrogens is 380 g/mol. The molecule has 0 aliphatic carbocycles. The molecule has 8 heteroatoms. The quantitative estimate of drug-likeness (QED) is 0.443. The lowest BCUT2D eigenvalue weighted by Gasteiger charge is -2.08. The van der Waals surface area contributed by atoms with Gasteiger partial charge in [0.15, 0.2) is 5.78 Å². The third kappa shape index (κ3) is 6.88. The molecule has 2 aromatic carbocycles.